The summed E-state index contributed by atoms with van der Waals surface area (Å²) < 4.78 is 9.16. The van der Waals surface area contributed by atoms with Crippen LogP contribution in [0, 0.1) is 6.92 Å². The van der Waals surface area contributed by atoms with E-state index >= 15 is 0 Å². The van der Waals surface area contributed by atoms with Crippen molar-refractivity contribution in [1.82, 2.24) is 34.1 Å². The number of carbonyl (C=O) groups excluding carboxylic acids is 1. The second kappa shape index (κ2) is 9.15. The van der Waals surface area contributed by atoms with E-state index in [4.69, 9.17) is 4.74 Å². The number of nitrogens with zero attached hydrogens (tertiary/aromatic N) is 6. The standard InChI is InChI=1S/C22H22N8O3S/c1-3-33-8-4-6-30-17-10-15-14(26-19(31)13(2)25-15)9-16(17)27-21(30)28-20(32)18-11-24-22(34-18)29-7-5-23-12-29/h5,7,9-12H,3-4,6,8H2,1-2H3,(H,26,31)(H,27,28,32). The van der Waals surface area contributed by atoms with Crippen LogP contribution in [-0.2, 0) is 11.3 Å². The van der Waals surface area contributed by atoms with Crippen LogP contribution < -0.4 is 10.9 Å². The molecule has 5 rings (SSSR count). The van der Waals surface area contributed by atoms with Gasteiger partial charge >= 0.3 is 0 Å². The Kier molecular flexibility index (Phi) is 5.90. The molecule has 0 fully saturated rings. The molecule has 0 aliphatic rings. The molecule has 4 heterocycles. The number of aromatic amines is 1. The Morgan fingerprint density at radius 1 is 1.26 bits per heavy atom. The molecule has 0 saturated carbocycles. The Morgan fingerprint density at radius 3 is 2.94 bits per heavy atom. The fourth-order valence-electron chi connectivity index (χ4n) is 3.61. The molecule has 0 aliphatic carbocycles. The molecule has 0 radical (unpaired) electrons. The van der Waals surface area contributed by atoms with Crippen molar-refractivity contribution in [2.75, 3.05) is 18.5 Å². The van der Waals surface area contributed by atoms with Gasteiger partial charge in [-0.15, -0.1) is 0 Å². The average molecular weight is 479 g/mol. The number of hydrogen-bond acceptors (Lipinski definition) is 8. The van der Waals surface area contributed by atoms with Gasteiger partial charge in [-0.3, -0.25) is 19.5 Å². The Hall–Kier alpha value is -3.90. The molecule has 12 heteroatoms. The number of nitrogens with one attached hydrogen (secondary N) is 2. The van der Waals surface area contributed by atoms with Gasteiger partial charge in [0.25, 0.3) is 11.5 Å². The number of anilines is 1. The number of imidazole rings is 2. The highest BCUT2D eigenvalue weighted by molar-refractivity contribution is 7.16. The summed E-state index contributed by atoms with van der Waals surface area (Å²) in [7, 11) is 0. The maximum atomic E-state index is 13.0. The quantitative estimate of drug-likeness (QED) is 0.328. The second-order valence-electron chi connectivity index (χ2n) is 7.58. The van der Waals surface area contributed by atoms with Gasteiger partial charge in [-0.25, -0.2) is 19.9 Å². The molecule has 1 aromatic carbocycles. The fraction of sp³-hybridized carbons (Fsp3) is 0.273. The van der Waals surface area contributed by atoms with E-state index in [1.54, 1.807) is 36.3 Å². The smallest absolute Gasteiger partial charge is 0.269 e. The number of rotatable bonds is 8. The van der Waals surface area contributed by atoms with Crippen molar-refractivity contribution in [3.05, 3.63) is 58.0 Å². The first-order valence-electron chi connectivity index (χ1n) is 10.8. The van der Waals surface area contributed by atoms with E-state index in [-0.39, 0.29) is 11.5 Å². The second-order valence-corrected chi connectivity index (χ2v) is 8.59. The van der Waals surface area contributed by atoms with Gasteiger partial charge < -0.3 is 14.3 Å². The van der Waals surface area contributed by atoms with Crippen LogP contribution in [0.15, 0.2) is 41.8 Å². The van der Waals surface area contributed by atoms with Crippen LogP contribution >= 0.6 is 11.3 Å². The van der Waals surface area contributed by atoms with Crippen LogP contribution in [0.3, 0.4) is 0 Å². The van der Waals surface area contributed by atoms with Crippen molar-refractivity contribution < 1.29 is 9.53 Å². The molecular weight excluding hydrogens is 456 g/mol. The number of H-pyrrole nitrogens is 1. The topological polar surface area (TPSA) is 133 Å². The third-order valence-electron chi connectivity index (χ3n) is 5.27. The number of benzene rings is 1. The number of amides is 1. The minimum absolute atomic E-state index is 0.240. The number of thiazole rings is 1. The van der Waals surface area contributed by atoms with Crippen LogP contribution in [0.5, 0.6) is 0 Å². The number of aryl methyl sites for hydroxylation is 2. The van der Waals surface area contributed by atoms with E-state index < -0.39 is 0 Å². The molecule has 34 heavy (non-hydrogen) atoms. The summed E-state index contributed by atoms with van der Waals surface area (Å²) in [5, 5.41) is 3.56. The number of carbonyl (C=O) groups is 1. The molecular formula is C22H22N8O3S. The van der Waals surface area contributed by atoms with Crippen molar-refractivity contribution in [3.63, 3.8) is 0 Å². The third-order valence-corrected chi connectivity index (χ3v) is 6.28. The fourth-order valence-corrected chi connectivity index (χ4v) is 4.38. The zero-order valence-corrected chi connectivity index (χ0v) is 19.4. The summed E-state index contributed by atoms with van der Waals surface area (Å²) >= 11 is 1.25. The monoisotopic (exact) mass is 478 g/mol. The van der Waals surface area contributed by atoms with Crippen LogP contribution in [-0.4, -0.2) is 53.2 Å². The Balaban J connectivity index is 1.51. The van der Waals surface area contributed by atoms with Crippen molar-refractivity contribution in [3.8, 4) is 5.13 Å². The molecule has 4 aromatic heterocycles. The van der Waals surface area contributed by atoms with Crippen molar-refractivity contribution >= 4 is 45.3 Å². The molecule has 0 atom stereocenters. The SMILES string of the molecule is CCOCCCn1c(NC(=O)c2cnc(-n3ccnc3)s2)nc2cc3[nH]c(=O)c(C)nc3cc21. The minimum atomic E-state index is -0.308. The molecule has 11 nitrogen and oxygen atoms in total. The van der Waals surface area contributed by atoms with Crippen molar-refractivity contribution in [2.24, 2.45) is 0 Å². The summed E-state index contributed by atoms with van der Waals surface area (Å²) in [4.78, 5) is 45.7. The van der Waals surface area contributed by atoms with E-state index in [0.29, 0.717) is 58.0 Å². The van der Waals surface area contributed by atoms with Crippen molar-refractivity contribution in [1.29, 1.82) is 0 Å². The van der Waals surface area contributed by atoms with Gasteiger partial charge in [-0.05, 0) is 32.4 Å². The number of hydrogen-bond donors (Lipinski definition) is 2. The van der Waals surface area contributed by atoms with Gasteiger partial charge in [0.2, 0.25) is 5.95 Å². The van der Waals surface area contributed by atoms with E-state index in [1.807, 2.05) is 17.6 Å². The van der Waals surface area contributed by atoms with Gasteiger partial charge in [-0.1, -0.05) is 11.3 Å². The lowest BCUT2D eigenvalue weighted by Gasteiger charge is -2.10. The first-order chi connectivity index (χ1) is 16.5. The van der Waals surface area contributed by atoms with Gasteiger partial charge in [0, 0.05) is 32.2 Å². The van der Waals surface area contributed by atoms with E-state index in [1.165, 1.54) is 17.5 Å². The molecule has 0 saturated heterocycles. The van der Waals surface area contributed by atoms with E-state index in [0.717, 1.165) is 11.9 Å². The minimum Gasteiger partial charge on any atom is -0.382 e. The number of aromatic nitrogens is 7. The lowest BCUT2D eigenvalue weighted by Crippen LogP contribution is -2.15. The highest BCUT2D eigenvalue weighted by Crippen LogP contribution is 2.25. The first kappa shape index (κ1) is 21.9. The largest absolute Gasteiger partial charge is 0.382 e. The maximum absolute atomic E-state index is 13.0. The predicted octanol–water partition coefficient (Wildman–Crippen LogP) is 2.90. The molecule has 0 spiro atoms. The lowest BCUT2D eigenvalue weighted by atomic mass is 10.2. The molecule has 0 bridgehead atoms. The van der Waals surface area contributed by atoms with Crippen LogP contribution in [0.1, 0.15) is 28.7 Å². The third kappa shape index (κ3) is 4.20. The molecule has 0 aliphatic heterocycles. The normalized spacial score (nSPS) is 11.5. The summed E-state index contributed by atoms with van der Waals surface area (Å²) in [6, 6.07) is 3.65. The molecule has 174 valence electrons. The highest BCUT2D eigenvalue weighted by atomic mass is 32.1. The van der Waals surface area contributed by atoms with Crippen molar-refractivity contribution in [2.45, 2.75) is 26.8 Å². The summed E-state index contributed by atoms with van der Waals surface area (Å²) in [6.07, 6.45) is 7.32. The van der Waals surface area contributed by atoms with Gasteiger partial charge in [-0.2, -0.15) is 0 Å². The molecule has 1 amide bonds. The van der Waals surface area contributed by atoms with Gasteiger partial charge in [0.15, 0.2) is 5.13 Å². The summed E-state index contributed by atoms with van der Waals surface area (Å²) in [5.74, 6) is 0.0978. The first-order valence-corrected chi connectivity index (χ1v) is 11.6. The predicted molar refractivity (Wildman–Crippen MR) is 129 cm³/mol. The van der Waals surface area contributed by atoms with Crippen LogP contribution in [0.25, 0.3) is 27.2 Å². The Morgan fingerprint density at radius 2 is 2.15 bits per heavy atom. The molecule has 0 unspecified atom stereocenters. The van der Waals surface area contributed by atoms with Crippen LogP contribution in [0.2, 0.25) is 0 Å². The molecule has 2 N–H and O–H groups in total. The highest BCUT2D eigenvalue weighted by Gasteiger charge is 2.18. The summed E-state index contributed by atoms with van der Waals surface area (Å²) in [6.45, 7) is 5.43. The number of ether oxygens (including phenoxy) is 1. The lowest BCUT2D eigenvalue weighted by molar-refractivity contribution is 0.102. The Bertz CT molecular complexity index is 1530. The zero-order valence-electron chi connectivity index (χ0n) is 18.6. The maximum Gasteiger partial charge on any atom is 0.269 e. The number of fused-ring (bicyclic) bond motifs is 2. The zero-order chi connectivity index (χ0) is 23.7. The Labute approximate surface area is 197 Å². The molecule has 5 aromatic rings. The summed E-state index contributed by atoms with van der Waals surface area (Å²) in [5.41, 5.74) is 2.84. The van der Waals surface area contributed by atoms with Crippen LogP contribution in [0.4, 0.5) is 5.95 Å². The van der Waals surface area contributed by atoms with E-state index in [9.17, 15) is 9.59 Å². The van der Waals surface area contributed by atoms with Gasteiger partial charge in [0.05, 0.1) is 28.3 Å². The van der Waals surface area contributed by atoms with E-state index in [2.05, 4.69) is 30.2 Å². The average Bonchev–Trinajstić information content (AvgIpc) is 3.56. The van der Waals surface area contributed by atoms with Gasteiger partial charge in [0.1, 0.15) is 16.9 Å².